The number of carbonyl (C=O) groups excluding carboxylic acids is 2. The van der Waals surface area contributed by atoms with Crippen molar-refractivity contribution in [3.8, 4) is 11.5 Å². The van der Waals surface area contributed by atoms with E-state index >= 15 is 0 Å². The van der Waals surface area contributed by atoms with Gasteiger partial charge in [0.15, 0.2) is 17.3 Å². The number of benzene rings is 1. The Bertz CT molecular complexity index is 698. The van der Waals surface area contributed by atoms with Gasteiger partial charge < -0.3 is 15.9 Å². The van der Waals surface area contributed by atoms with Crippen molar-refractivity contribution in [1.82, 2.24) is 0 Å². The van der Waals surface area contributed by atoms with Gasteiger partial charge in [0.05, 0.1) is 11.8 Å². The Balaban J connectivity index is 0.00000280. The zero-order chi connectivity index (χ0) is 19.4. The van der Waals surface area contributed by atoms with E-state index in [1.165, 1.54) is 12.1 Å². The van der Waals surface area contributed by atoms with Gasteiger partial charge in [-0.3, -0.25) is 9.59 Å². The molecule has 0 radical (unpaired) electrons. The number of hydrogen-bond acceptors (Lipinski definition) is 4. The van der Waals surface area contributed by atoms with E-state index in [-0.39, 0.29) is 86.5 Å². The molecule has 2 saturated carbocycles. The Labute approximate surface area is 219 Å². The molecule has 0 bridgehead atoms. The van der Waals surface area contributed by atoms with Crippen LogP contribution in [0.25, 0.3) is 0 Å². The molecule has 0 atom stereocenters. The molecule has 0 saturated heterocycles. The maximum absolute atomic E-state index is 14.5. The number of rotatable bonds is 4. The van der Waals surface area contributed by atoms with Gasteiger partial charge in [-0.05, 0) is 43.7 Å². The van der Waals surface area contributed by atoms with Gasteiger partial charge in [0.25, 0.3) is 0 Å². The van der Waals surface area contributed by atoms with Crippen LogP contribution in [0.2, 0.25) is 5.02 Å². The largest absolute Gasteiger partial charge is 1.00 e. The van der Waals surface area contributed by atoms with Gasteiger partial charge in [0, 0.05) is 0 Å². The number of ether oxygens (including phenoxy) is 2. The van der Waals surface area contributed by atoms with Crippen LogP contribution >= 0.6 is 11.6 Å². The quantitative estimate of drug-likeness (QED) is 0.377. The minimum Gasteiger partial charge on any atom is -0.425 e. The summed E-state index contributed by atoms with van der Waals surface area (Å²) in [6, 6.07) is 2.67. The molecule has 0 heterocycles. The van der Waals surface area contributed by atoms with E-state index < -0.39 is 17.8 Å². The van der Waals surface area contributed by atoms with Gasteiger partial charge in [-0.2, -0.15) is 12.8 Å². The van der Waals surface area contributed by atoms with Gasteiger partial charge in [0.2, 0.25) is 0 Å². The van der Waals surface area contributed by atoms with E-state index in [0.29, 0.717) is 5.92 Å². The number of hydrogen-bond donors (Lipinski definition) is 0. The maximum atomic E-state index is 14.5. The normalized spacial score (nSPS) is 22.8. The molecule has 2 aliphatic rings. The molecule has 3 rings (SSSR count). The predicted octanol–water partition coefficient (Wildman–Crippen LogP) is 2.51. The van der Waals surface area contributed by atoms with E-state index in [1.807, 2.05) is 0 Å². The van der Waals surface area contributed by atoms with Crippen LogP contribution in [-0.4, -0.2) is 11.9 Å². The van der Waals surface area contributed by atoms with Crippen molar-refractivity contribution in [2.24, 2.45) is 17.8 Å². The van der Waals surface area contributed by atoms with E-state index in [1.54, 1.807) is 0 Å². The van der Waals surface area contributed by atoms with Crippen molar-refractivity contribution in [3.63, 3.8) is 0 Å². The fraction of sp³-hybridized carbons (Fsp3) is 0.571. The summed E-state index contributed by atoms with van der Waals surface area (Å²) in [6.07, 6.45) is 8.80. The molecule has 28 heavy (non-hydrogen) atoms. The first-order valence-electron chi connectivity index (χ1n) is 9.68. The molecule has 148 valence electrons. The van der Waals surface area contributed by atoms with Gasteiger partial charge in [-0.15, -0.1) is 0 Å². The standard InChI is InChI=1S/C21H25ClFO4.Rb/c1-13-7-9-15(10-8-13)21(25)27-17-12-11-16(18(22)19(17)23)26-20(24)14-5-3-2-4-6-14;/h2,11-15H,3-10H2,1H3;/q-1;+1. The molecule has 1 aromatic rings. The molecule has 2 aliphatic carbocycles. The molecule has 0 N–H and O–H groups in total. The minimum absolute atomic E-state index is 0. The molecule has 0 spiro atoms. The van der Waals surface area contributed by atoms with Gasteiger partial charge >= 0.3 is 70.1 Å². The molecule has 4 nitrogen and oxygen atoms in total. The summed E-state index contributed by atoms with van der Waals surface area (Å²) in [5, 5.41) is -0.340. The van der Waals surface area contributed by atoms with Crippen molar-refractivity contribution in [3.05, 3.63) is 29.4 Å². The second kappa shape index (κ2) is 11.5. The summed E-state index contributed by atoms with van der Waals surface area (Å²) in [7, 11) is 0. The topological polar surface area (TPSA) is 52.6 Å². The number of halogens is 2. The third-order valence-electron chi connectivity index (χ3n) is 5.55. The molecule has 2 fully saturated rings. The van der Waals surface area contributed by atoms with Gasteiger partial charge in [-0.1, -0.05) is 31.4 Å². The number of carbonyl (C=O) groups is 2. The molecule has 0 aliphatic heterocycles. The molecular formula is C21H25ClFO4Rb. The SMILES string of the molecule is CC1CCC(C(=O)Oc2ccc(OC(=O)C3CC[CH-]CC3)c(Cl)c2F)CC1.[Rb+]. The monoisotopic (exact) mass is 480 g/mol. The number of esters is 2. The van der Waals surface area contributed by atoms with Crippen LogP contribution in [0.3, 0.4) is 0 Å². The van der Waals surface area contributed by atoms with Crippen LogP contribution in [0.1, 0.15) is 58.3 Å². The Hall–Kier alpha value is 0.185. The minimum atomic E-state index is -0.878. The van der Waals surface area contributed by atoms with Gasteiger partial charge in [-0.25, -0.2) is 4.39 Å². The summed E-state index contributed by atoms with van der Waals surface area (Å²) in [6.45, 7) is 2.16. The van der Waals surface area contributed by atoms with Crippen LogP contribution in [0.4, 0.5) is 4.39 Å². The second-order valence-electron chi connectivity index (χ2n) is 7.63. The Morgan fingerprint density at radius 2 is 1.46 bits per heavy atom. The van der Waals surface area contributed by atoms with Crippen molar-refractivity contribution in [2.45, 2.75) is 58.3 Å². The van der Waals surface area contributed by atoms with Crippen molar-refractivity contribution < 1.29 is 81.6 Å². The van der Waals surface area contributed by atoms with Gasteiger partial charge in [0.1, 0.15) is 5.02 Å². The summed E-state index contributed by atoms with van der Waals surface area (Å²) in [4.78, 5) is 24.5. The first-order chi connectivity index (χ1) is 13.0. The third-order valence-corrected chi connectivity index (χ3v) is 5.91. The zero-order valence-corrected chi connectivity index (χ0v) is 22.2. The van der Waals surface area contributed by atoms with Crippen molar-refractivity contribution in [1.29, 1.82) is 0 Å². The van der Waals surface area contributed by atoms with Crippen LogP contribution < -0.4 is 67.7 Å². The van der Waals surface area contributed by atoms with Crippen LogP contribution in [-0.2, 0) is 9.59 Å². The van der Waals surface area contributed by atoms with E-state index in [0.717, 1.165) is 51.4 Å². The second-order valence-corrected chi connectivity index (χ2v) is 8.01. The smallest absolute Gasteiger partial charge is 0.425 e. The molecule has 0 amide bonds. The maximum Gasteiger partial charge on any atom is 1.00 e. The third kappa shape index (κ3) is 6.34. The fourth-order valence-electron chi connectivity index (χ4n) is 3.71. The molecule has 1 aromatic carbocycles. The van der Waals surface area contributed by atoms with Crippen LogP contribution in [0.5, 0.6) is 11.5 Å². The Kier molecular flexibility index (Phi) is 10.1. The molecule has 0 aromatic heterocycles. The first kappa shape index (κ1) is 24.5. The van der Waals surface area contributed by atoms with E-state index in [4.69, 9.17) is 21.1 Å². The van der Waals surface area contributed by atoms with Crippen LogP contribution in [0.15, 0.2) is 12.1 Å². The zero-order valence-electron chi connectivity index (χ0n) is 16.5. The average molecular weight is 481 g/mol. The summed E-state index contributed by atoms with van der Waals surface area (Å²) < 4.78 is 25.1. The first-order valence-corrected chi connectivity index (χ1v) is 10.1. The molecule has 7 heteroatoms. The van der Waals surface area contributed by atoms with E-state index in [9.17, 15) is 14.0 Å². The van der Waals surface area contributed by atoms with Crippen molar-refractivity contribution >= 4 is 23.5 Å². The Morgan fingerprint density at radius 3 is 2.07 bits per heavy atom. The summed E-state index contributed by atoms with van der Waals surface area (Å²) in [5.41, 5.74) is 0. The summed E-state index contributed by atoms with van der Waals surface area (Å²) in [5.74, 6) is -1.77. The Morgan fingerprint density at radius 1 is 0.964 bits per heavy atom. The van der Waals surface area contributed by atoms with E-state index in [2.05, 4.69) is 13.3 Å². The van der Waals surface area contributed by atoms with Crippen LogP contribution in [0, 0.1) is 30.0 Å². The molecule has 0 unspecified atom stereocenters. The summed E-state index contributed by atoms with van der Waals surface area (Å²) >= 11 is 6.02. The fourth-order valence-corrected chi connectivity index (χ4v) is 3.91. The molecular weight excluding hydrogens is 456 g/mol. The van der Waals surface area contributed by atoms with Crippen molar-refractivity contribution in [2.75, 3.05) is 0 Å². The predicted molar refractivity (Wildman–Crippen MR) is 100 cm³/mol. The average Bonchev–Trinajstić information content (AvgIpc) is 2.68.